The van der Waals surface area contributed by atoms with Gasteiger partial charge in [0, 0.05) is 28.3 Å². The fourth-order valence-electron chi connectivity index (χ4n) is 4.19. The van der Waals surface area contributed by atoms with Gasteiger partial charge in [0.05, 0.1) is 23.3 Å². The Labute approximate surface area is 157 Å². The van der Waals surface area contributed by atoms with Crippen molar-refractivity contribution in [3.05, 3.63) is 82.7 Å². The molecule has 1 N–H and O–H groups in total. The van der Waals surface area contributed by atoms with E-state index in [-0.39, 0.29) is 17.1 Å². The second-order valence-electron chi connectivity index (χ2n) is 6.57. The van der Waals surface area contributed by atoms with Crippen LogP contribution in [0.5, 0.6) is 0 Å². The molecule has 0 radical (unpaired) electrons. The molecule has 0 unspecified atom stereocenters. The van der Waals surface area contributed by atoms with Crippen LogP contribution < -0.4 is 10.2 Å². The molecule has 0 saturated heterocycles. The first-order chi connectivity index (χ1) is 13.1. The first-order valence-electron chi connectivity index (χ1n) is 8.56. The van der Waals surface area contributed by atoms with Gasteiger partial charge in [-0.05, 0) is 32.0 Å². The molecule has 2 aromatic carbocycles. The number of amides is 1. The van der Waals surface area contributed by atoms with E-state index < -0.39 is 5.41 Å². The molecule has 4 rings (SSSR count). The normalized spacial score (nSPS) is 17.5. The van der Waals surface area contributed by atoms with Crippen LogP contribution >= 0.6 is 0 Å². The second-order valence-corrected chi connectivity index (χ2v) is 6.57. The van der Waals surface area contributed by atoms with Crippen molar-refractivity contribution in [2.45, 2.75) is 19.3 Å². The predicted octanol–water partition coefficient (Wildman–Crippen LogP) is 3.99. The lowest BCUT2D eigenvalue weighted by Gasteiger charge is -2.39. The van der Waals surface area contributed by atoms with Crippen molar-refractivity contribution in [3.8, 4) is 12.1 Å². The number of anilines is 2. The number of hydrogen-bond donors (Lipinski definition) is 1. The highest BCUT2D eigenvalue weighted by Crippen LogP contribution is 2.53. The van der Waals surface area contributed by atoms with Crippen LogP contribution in [0.4, 0.5) is 11.4 Å². The zero-order valence-corrected chi connectivity index (χ0v) is 14.9. The number of nitrogens with zero attached hydrogens (tertiary/aromatic N) is 3. The Kier molecular flexibility index (Phi) is 3.61. The molecule has 2 aliphatic rings. The quantitative estimate of drug-likeness (QED) is 0.841. The third-order valence-corrected chi connectivity index (χ3v) is 5.30. The van der Waals surface area contributed by atoms with E-state index in [1.54, 1.807) is 12.1 Å². The number of hydrogen-bond acceptors (Lipinski definition) is 4. The summed E-state index contributed by atoms with van der Waals surface area (Å²) in [6.45, 7) is 3.64. The Morgan fingerprint density at radius 1 is 0.889 bits per heavy atom. The molecule has 2 aromatic rings. The lowest BCUT2D eigenvalue weighted by molar-refractivity contribution is -0.118. The minimum Gasteiger partial charge on any atom is -0.324 e. The zero-order chi connectivity index (χ0) is 19.2. The summed E-state index contributed by atoms with van der Waals surface area (Å²) in [5, 5.41) is 23.0. The largest absolute Gasteiger partial charge is 0.324 e. The van der Waals surface area contributed by atoms with Crippen LogP contribution in [-0.2, 0) is 10.2 Å². The van der Waals surface area contributed by atoms with Crippen LogP contribution in [0.3, 0.4) is 0 Å². The average molecular weight is 352 g/mol. The molecular formula is C22H16N4O. The van der Waals surface area contributed by atoms with Gasteiger partial charge in [0.25, 0.3) is 0 Å². The monoisotopic (exact) mass is 352 g/mol. The highest BCUT2D eigenvalue weighted by Gasteiger charge is 2.57. The molecule has 5 heteroatoms. The zero-order valence-electron chi connectivity index (χ0n) is 14.9. The highest BCUT2D eigenvalue weighted by atomic mass is 16.2. The lowest BCUT2D eigenvalue weighted by atomic mass is 9.67. The van der Waals surface area contributed by atoms with Crippen LogP contribution in [-0.4, -0.2) is 5.91 Å². The van der Waals surface area contributed by atoms with Crippen LogP contribution in [0.15, 0.2) is 77.1 Å². The molecule has 0 aliphatic carbocycles. The number of benzene rings is 2. The summed E-state index contributed by atoms with van der Waals surface area (Å²) in [5.41, 5.74) is 2.56. The van der Waals surface area contributed by atoms with Gasteiger partial charge in [-0.15, -0.1) is 0 Å². The third kappa shape index (κ3) is 2.00. The van der Waals surface area contributed by atoms with E-state index in [4.69, 9.17) is 0 Å². The molecular weight excluding hydrogens is 336 g/mol. The third-order valence-electron chi connectivity index (χ3n) is 5.30. The molecule has 2 heterocycles. The first kappa shape index (κ1) is 16.6. The van der Waals surface area contributed by atoms with E-state index in [0.29, 0.717) is 22.6 Å². The molecule has 1 spiro atoms. The fourth-order valence-corrected chi connectivity index (χ4v) is 4.19. The molecule has 0 bridgehead atoms. The molecule has 0 fully saturated rings. The molecule has 1 amide bonds. The summed E-state index contributed by atoms with van der Waals surface area (Å²) in [6.07, 6.45) is 0. The standard InChI is InChI=1S/C22H16N4O/c1-14-18(12-23)22(17-10-6-7-11-20(17)25-21(22)27)19(13-24)15(2)26(14)16-8-4-3-5-9-16/h3-11H,1-2H3,(H,25,27). The number of carbonyl (C=O) groups is 1. The Balaban J connectivity index is 2.09. The van der Waals surface area contributed by atoms with Gasteiger partial charge in [-0.25, -0.2) is 0 Å². The SMILES string of the molecule is CC1=C(C#N)C2(C(=O)Nc3ccccc32)C(C#N)=C(C)N1c1ccccc1. The number of carbonyl (C=O) groups excluding carboxylic acids is 1. The van der Waals surface area contributed by atoms with Gasteiger partial charge in [0.15, 0.2) is 0 Å². The van der Waals surface area contributed by atoms with Gasteiger partial charge < -0.3 is 10.2 Å². The van der Waals surface area contributed by atoms with Gasteiger partial charge >= 0.3 is 0 Å². The summed E-state index contributed by atoms with van der Waals surface area (Å²) in [4.78, 5) is 15.1. The number of fused-ring (bicyclic) bond motifs is 2. The molecule has 0 atom stereocenters. The van der Waals surface area contributed by atoms with Crippen molar-refractivity contribution >= 4 is 17.3 Å². The maximum absolute atomic E-state index is 13.2. The maximum atomic E-state index is 13.2. The molecule has 2 aliphatic heterocycles. The number of allylic oxidation sites excluding steroid dienone is 2. The summed E-state index contributed by atoms with van der Waals surface area (Å²) < 4.78 is 0. The van der Waals surface area contributed by atoms with E-state index >= 15 is 0 Å². The molecule has 0 aromatic heterocycles. The average Bonchev–Trinajstić information content (AvgIpc) is 2.96. The van der Waals surface area contributed by atoms with E-state index in [1.165, 1.54) is 0 Å². The Morgan fingerprint density at radius 3 is 2.04 bits per heavy atom. The highest BCUT2D eigenvalue weighted by molar-refractivity contribution is 6.13. The van der Waals surface area contributed by atoms with Crippen molar-refractivity contribution in [2.24, 2.45) is 0 Å². The van der Waals surface area contributed by atoms with Crippen LogP contribution in [0.25, 0.3) is 0 Å². The van der Waals surface area contributed by atoms with Gasteiger partial charge in [0.2, 0.25) is 5.91 Å². The van der Waals surface area contributed by atoms with Crippen molar-refractivity contribution in [3.63, 3.8) is 0 Å². The Bertz CT molecular complexity index is 1070. The molecule has 0 saturated carbocycles. The Hall–Kier alpha value is -3.83. The summed E-state index contributed by atoms with van der Waals surface area (Å²) in [7, 11) is 0. The smallest absolute Gasteiger partial charge is 0.245 e. The van der Waals surface area contributed by atoms with Crippen LogP contribution in [0.2, 0.25) is 0 Å². The molecule has 5 nitrogen and oxygen atoms in total. The van der Waals surface area contributed by atoms with Crippen molar-refractivity contribution in [1.82, 2.24) is 0 Å². The van der Waals surface area contributed by atoms with Gasteiger partial charge in [-0.2, -0.15) is 10.5 Å². The molecule has 130 valence electrons. The Morgan fingerprint density at radius 2 is 1.44 bits per heavy atom. The lowest BCUT2D eigenvalue weighted by Crippen LogP contribution is -2.45. The fraction of sp³-hybridized carbons (Fsp3) is 0.136. The topological polar surface area (TPSA) is 79.9 Å². The minimum absolute atomic E-state index is 0.274. The van der Waals surface area contributed by atoms with E-state index in [1.807, 2.05) is 61.2 Å². The van der Waals surface area contributed by atoms with E-state index in [0.717, 1.165) is 5.69 Å². The number of nitrogens with one attached hydrogen (secondary N) is 1. The number of nitriles is 2. The van der Waals surface area contributed by atoms with Gasteiger partial charge in [-0.3, -0.25) is 4.79 Å². The van der Waals surface area contributed by atoms with Crippen LogP contribution in [0.1, 0.15) is 19.4 Å². The van der Waals surface area contributed by atoms with Gasteiger partial charge in [-0.1, -0.05) is 36.4 Å². The van der Waals surface area contributed by atoms with Crippen molar-refractivity contribution in [1.29, 1.82) is 10.5 Å². The van der Waals surface area contributed by atoms with Crippen molar-refractivity contribution in [2.75, 3.05) is 10.2 Å². The number of para-hydroxylation sites is 2. The minimum atomic E-state index is -1.40. The second kappa shape index (κ2) is 5.86. The summed E-state index contributed by atoms with van der Waals surface area (Å²) >= 11 is 0. The van der Waals surface area contributed by atoms with E-state index in [9.17, 15) is 15.3 Å². The summed E-state index contributed by atoms with van der Waals surface area (Å²) in [5.74, 6) is -0.358. The summed E-state index contributed by atoms with van der Waals surface area (Å²) in [6, 6.07) is 21.2. The maximum Gasteiger partial charge on any atom is 0.245 e. The van der Waals surface area contributed by atoms with Gasteiger partial charge in [0.1, 0.15) is 5.41 Å². The molecule has 27 heavy (non-hydrogen) atoms. The van der Waals surface area contributed by atoms with Crippen LogP contribution in [0, 0.1) is 22.7 Å². The predicted molar refractivity (Wildman–Crippen MR) is 102 cm³/mol. The van der Waals surface area contributed by atoms with Crippen molar-refractivity contribution < 1.29 is 4.79 Å². The first-order valence-corrected chi connectivity index (χ1v) is 8.56. The number of rotatable bonds is 1. The van der Waals surface area contributed by atoms with E-state index in [2.05, 4.69) is 17.5 Å².